The quantitative estimate of drug-likeness (QED) is 0.787. The summed E-state index contributed by atoms with van der Waals surface area (Å²) in [6.07, 6.45) is 6.14. The second-order valence-electron chi connectivity index (χ2n) is 5.57. The summed E-state index contributed by atoms with van der Waals surface area (Å²) in [5.41, 5.74) is 1.38. The molecule has 1 aromatic rings. The zero-order chi connectivity index (χ0) is 13.7. The van der Waals surface area contributed by atoms with Gasteiger partial charge in [0.15, 0.2) is 0 Å². The number of hydrogen-bond donors (Lipinski definition) is 2. The van der Waals surface area contributed by atoms with Crippen molar-refractivity contribution in [3.8, 4) is 0 Å². The second-order valence-corrected chi connectivity index (χ2v) is 7.28. The van der Waals surface area contributed by atoms with E-state index in [0.717, 1.165) is 34.9 Å². The first kappa shape index (κ1) is 15.5. The molecule has 0 aliphatic heterocycles. The highest BCUT2D eigenvalue weighted by Gasteiger charge is 2.30. The van der Waals surface area contributed by atoms with Crippen LogP contribution in [0.3, 0.4) is 0 Å². The molecule has 1 aliphatic rings. The zero-order valence-electron chi connectivity index (χ0n) is 11.1. The smallest absolute Gasteiger partial charge is 0.0499 e. The van der Waals surface area contributed by atoms with E-state index in [1.165, 1.54) is 24.8 Å². The molecule has 1 saturated carbocycles. The van der Waals surface area contributed by atoms with Crippen LogP contribution in [0.4, 0.5) is 0 Å². The van der Waals surface area contributed by atoms with Crippen molar-refractivity contribution in [3.05, 3.63) is 32.7 Å². The van der Waals surface area contributed by atoms with Crippen LogP contribution in [0.1, 0.15) is 37.7 Å². The fourth-order valence-corrected chi connectivity index (χ4v) is 3.49. The number of benzene rings is 1. The minimum Gasteiger partial charge on any atom is -0.396 e. The maximum Gasteiger partial charge on any atom is 0.0499 e. The summed E-state index contributed by atoms with van der Waals surface area (Å²) in [7, 11) is 0. The van der Waals surface area contributed by atoms with E-state index in [9.17, 15) is 5.11 Å². The topological polar surface area (TPSA) is 32.3 Å². The Labute approximate surface area is 132 Å². The average molecular weight is 391 g/mol. The standard InChI is InChI=1S/C15H21Br2NO/c16-13-5-4-12(8-14(13)17)9-18-10-15(11-19)6-2-1-3-7-15/h4-5,8,18-19H,1-3,6-7,9-11H2. The van der Waals surface area contributed by atoms with Gasteiger partial charge in [-0.05, 0) is 62.4 Å². The van der Waals surface area contributed by atoms with Gasteiger partial charge in [-0.15, -0.1) is 0 Å². The first-order valence-corrected chi connectivity index (χ1v) is 8.49. The largest absolute Gasteiger partial charge is 0.396 e. The van der Waals surface area contributed by atoms with E-state index in [4.69, 9.17) is 0 Å². The van der Waals surface area contributed by atoms with Gasteiger partial charge in [-0.1, -0.05) is 25.3 Å². The highest BCUT2D eigenvalue weighted by Crippen LogP contribution is 2.35. The minimum absolute atomic E-state index is 0.116. The monoisotopic (exact) mass is 389 g/mol. The fourth-order valence-electron chi connectivity index (χ4n) is 2.81. The zero-order valence-corrected chi connectivity index (χ0v) is 14.3. The fraction of sp³-hybridized carbons (Fsp3) is 0.600. The summed E-state index contributed by atoms with van der Waals surface area (Å²) in [6, 6.07) is 6.31. The van der Waals surface area contributed by atoms with E-state index in [1.807, 2.05) is 0 Å². The third-order valence-corrected chi connectivity index (χ3v) is 5.94. The van der Waals surface area contributed by atoms with Crippen molar-refractivity contribution in [1.82, 2.24) is 5.32 Å². The summed E-state index contributed by atoms with van der Waals surface area (Å²) in [4.78, 5) is 0. The summed E-state index contributed by atoms with van der Waals surface area (Å²) >= 11 is 7.00. The normalized spacial score (nSPS) is 18.5. The van der Waals surface area contributed by atoms with E-state index < -0.39 is 0 Å². The Hall–Kier alpha value is 0.1000. The molecule has 0 unspecified atom stereocenters. The Kier molecular flexibility index (Phi) is 5.87. The molecule has 0 atom stereocenters. The number of halogens is 2. The third kappa shape index (κ3) is 4.28. The molecular formula is C15H21Br2NO. The molecule has 0 spiro atoms. The molecule has 2 N–H and O–H groups in total. The SMILES string of the molecule is OCC1(CNCc2ccc(Br)c(Br)c2)CCCCC1. The Morgan fingerprint density at radius 2 is 1.84 bits per heavy atom. The van der Waals surface area contributed by atoms with E-state index in [2.05, 4.69) is 55.4 Å². The van der Waals surface area contributed by atoms with Crippen LogP contribution in [0.25, 0.3) is 0 Å². The van der Waals surface area contributed by atoms with Crippen LogP contribution in [0.15, 0.2) is 27.1 Å². The molecule has 106 valence electrons. The van der Waals surface area contributed by atoms with Gasteiger partial charge in [0.2, 0.25) is 0 Å². The average Bonchev–Trinajstić information content (AvgIpc) is 2.44. The van der Waals surface area contributed by atoms with Crippen molar-refractivity contribution in [3.63, 3.8) is 0 Å². The molecule has 4 heteroatoms. The van der Waals surface area contributed by atoms with Gasteiger partial charge in [0.05, 0.1) is 0 Å². The van der Waals surface area contributed by atoms with Gasteiger partial charge in [0, 0.05) is 34.1 Å². The first-order chi connectivity index (χ1) is 9.15. The van der Waals surface area contributed by atoms with Crippen LogP contribution in [0.2, 0.25) is 0 Å². The lowest BCUT2D eigenvalue weighted by atomic mass is 9.74. The first-order valence-electron chi connectivity index (χ1n) is 6.91. The van der Waals surface area contributed by atoms with Crippen LogP contribution in [-0.4, -0.2) is 18.3 Å². The molecule has 2 nitrogen and oxygen atoms in total. The lowest BCUT2D eigenvalue weighted by Gasteiger charge is -2.35. The van der Waals surface area contributed by atoms with Crippen LogP contribution in [0, 0.1) is 5.41 Å². The molecular weight excluding hydrogens is 370 g/mol. The highest BCUT2D eigenvalue weighted by atomic mass is 79.9. The van der Waals surface area contributed by atoms with E-state index >= 15 is 0 Å². The lowest BCUT2D eigenvalue weighted by molar-refractivity contribution is 0.0810. The molecule has 0 amide bonds. The van der Waals surface area contributed by atoms with Crippen LogP contribution >= 0.6 is 31.9 Å². The molecule has 1 aromatic carbocycles. The van der Waals surface area contributed by atoms with E-state index in [1.54, 1.807) is 0 Å². The van der Waals surface area contributed by atoms with Crippen molar-refractivity contribution in [2.45, 2.75) is 38.6 Å². The number of rotatable bonds is 5. The van der Waals surface area contributed by atoms with Gasteiger partial charge in [-0.3, -0.25) is 0 Å². The molecule has 19 heavy (non-hydrogen) atoms. The number of aliphatic hydroxyl groups is 1. The van der Waals surface area contributed by atoms with E-state index in [0.29, 0.717) is 6.61 Å². The summed E-state index contributed by atoms with van der Waals surface area (Å²) in [5.74, 6) is 0. The highest BCUT2D eigenvalue weighted by molar-refractivity contribution is 9.13. The van der Waals surface area contributed by atoms with Gasteiger partial charge in [0.25, 0.3) is 0 Å². The number of nitrogens with one attached hydrogen (secondary N) is 1. The Morgan fingerprint density at radius 1 is 1.11 bits per heavy atom. The second kappa shape index (κ2) is 7.21. The third-order valence-electron chi connectivity index (χ3n) is 4.06. The molecule has 0 bridgehead atoms. The summed E-state index contributed by atoms with van der Waals surface area (Å²) in [5, 5.41) is 13.2. The maximum absolute atomic E-state index is 9.67. The predicted octanol–water partition coefficient (Wildman–Crippen LogP) is 4.24. The van der Waals surface area contributed by atoms with Gasteiger partial charge in [0.1, 0.15) is 0 Å². The van der Waals surface area contributed by atoms with Crippen molar-refractivity contribution in [2.24, 2.45) is 5.41 Å². The molecule has 1 fully saturated rings. The van der Waals surface area contributed by atoms with Gasteiger partial charge < -0.3 is 10.4 Å². The van der Waals surface area contributed by atoms with Crippen LogP contribution in [0.5, 0.6) is 0 Å². The predicted molar refractivity (Wildman–Crippen MR) is 86.2 cm³/mol. The molecule has 0 aromatic heterocycles. The van der Waals surface area contributed by atoms with E-state index in [-0.39, 0.29) is 5.41 Å². The minimum atomic E-state index is 0.116. The van der Waals surface area contributed by atoms with Gasteiger partial charge >= 0.3 is 0 Å². The summed E-state index contributed by atoms with van der Waals surface area (Å²) < 4.78 is 2.16. The molecule has 0 radical (unpaired) electrons. The van der Waals surface area contributed by atoms with Crippen molar-refractivity contribution in [2.75, 3.05) is 13.2 Å². The lowest BCUT2D eigenvalue weighted by Crippen LogP contribution is -2.38. The van der Waals surface area contributed by atoms with Gasteiger partial charge in [-0.2, -0.15) is 0 Å². The Balaban J connectivity index is 1.86. The molecule has 2 rings (SSSR count). The number of hydrogen-bond acceptors (Lipinski definition) is 2. The van der Waals surface area contributed by atoms with Crippen molar-refractivity contribution >= 4 is 31.9 Å². The molecule has 0 saturated heterocycles. The summed E-state index contributed by atoms with van der Waals surface area (Å²) in [6.45, 7) is 2.08. The maximum atomic E-state index is 9.67. The van der Waals surface area contributed by atoms with Crippen molar-refractivity contribution in [1.29, 1.82) is 0 Å². The van der Waals surface area contributed by atoms with Crippen molar-refractivity contribution < 1.29 is 5.11 Å². The number of aliphatic hydroxyl groups excluding tert-OH is 1. The Morgan fingerprint density at radius 3 is 2.47 bits per heavy atom. The molecule has 1 aliphatic carbocycles. The van der Waals surface area contributed by atoms with Gasteiger partial charge in [-0.25, -0.2) is 0 Å². The molecule has 0 heterocycles. The Bertz CT molecular complexity index is 417. The van der Waals surface area contributed by atoms with Crippen LogP contribution < -0.4 is 5.32 Å². The van der Waals surface area contributed by atoms with Crippen LogP contribution in [-0.2, 0) is 6.54 Å².